The van der Waals surface area contributed by atoms with Crippen molar-refractivity contribution in [3.63, 3.8) is 0 Å². The first-order valence-corrected chi connectivity index (χ1v) is 7.76. The molecule has 22 heavy (non-hydrogen) atoms. The SMILES string of the molecule is CC(C)n1cnc2c(N[C@H]3CCc4ccccc43)ncnc21. The first-order valence-electron chi connectivity index (χ1n) is 7.76. The van der Waals surface area contributed by atoms with Gasteiger partial charge in [0.05, 0.1) is 12.4 Å². The minimum absolute atomic E-state index is 0.304. The van der Waals surface area contributed by atoms with E-state index in [-0.39, 0.29) is 0 Å². The summed E-state index contributed by atoms with van der Waals surface area (Å²) < 4.78 is 2.07. The van der Waals surface area contributed by atoms with Crippen LogP contribution in [0.15, 0.2) is 36.9 Å². The predicted octanol–water partition coefficient (Wildman–Crippen LogP) is 3.51. The number of imidazole rings is 1. The number of benzene rings is 1. The molecule has 1 aromatic carbocycles. The third kappa shape index (κ3) is 2.04. The summed E-state index contributed by atoms with van der Waals surface area (Å²) in [6.07, 6.45) is 5.67. The van der Waals surface area contributed by atoms with Crippen molar-refractivity contribution >= 4 is 17.0 Å². The van der Waals surface area contributed by atoms with Gasteiger partial charge in [-0.15, -0.1) is 0 Å². The van der Waals surface area contributed by atoms with E-state index in [9.17, 15) is 0 Å². The molecule has 2 heterocycles. The number of nitrogens with zero attached hydrogens (tertiary/aromatic N) is 4. The molecule has 0 amide bonds. The van der Waals surface area contributed by atoms with E-state index in [1.807, 2.05) is 6.33 Å². The van der Waals surface area contributed by atoms with E-state index < -0.39 is 0 Å². The van der Waals surface area contributed by atoms with Crippen LogP contribution >= 0.6 is 0 Å². The molecular weight excluding hydrogens is 274 g/mol. The van der Waals surface area contributed by atoms with E-state index in [2.05, 4.69) is 62.9 Å². The van der Waals surface area contributed by atoms with Crippen molar-refractivity contribution < 1.29 is 0 Å². The van der Waals surface area contributed by atoms with Gasteiger partial charge in [-0.2, -0.15) is 0 Å². The fourth-order valence-electron chi connectivity index (χ4n) is 3.21. The van der Waals surface area contributed by atoms with Gasteiger partial charge >= 0.3 is 0 Å². The Morgan fingerprint density at radius 1 is 1.18 bits per heavy atom. The van der Waals surface area contributed by atoms with Gasteiger partial charge < -0.3 is 9.88 Å². The first kappa shape index (κ1) is 13.2. The Morgan fingerprint density at radius 2 is 2.05 bits per heavy atom. The van der Waals surface area contributed by atoms with Gasteiger partial charge in [-0.3, -0.25) is 0 Å². The highest BCUT2D eigenvalue weighted by molar-refractivity contribution is 5.83. The van der Waals surface area contributed by atoms with Crippen LogP contribution in [0.1, 0.15) is 43.5 Å². The van der Waals surface area contributed by atoms with Crippen LogP contribution in [0.2, 0.25) is 0 Å². The highest BCUT2D eigenvalue weighted by atomic mass is 15.2. The number of aryl methyl sites for hydroxylation is 1. The smallest absolute Gasteiger partial charge is 0.165 e. The van der Waals surface area contributed by atoms with Crippen LogP contribution < -0.4 is 5.32 Å². The molecule has 1 aliphatic carbocycles. The van der Waals surface area contributed by atoms with E-state index >= 15 is 0 Å². The maximum absolute atomic E-state index is 4.51. The molecule has 1 N–H and O–H groups in total. The first-order chi connectivity index (χ1) is 10.7. The lowest BCUT2D eigenvalue weighted by Gasteiger charge is -2.15. The Bertz CT molecular complexity index is 821. The Balaban J connectivity index is 1.71. The molecule has 3 aromatic rings. The molecule has 0 spiro atoms. The molecule has 112 valence electrons. The molecule has 0 radical (unpaired) electrons. The van der Waals surface area contributed by atoms with Crippen molar-refractivity contribution in [2.75, 3.05) is 5.32 Å². The quantitative estimate of drug-likeness (QED) is 0.803. The number of anilines is 1. The lowest BCUT2D eigenvalue weighted by atomic mass is 10.1. The van der Waals surface area contributed by atoms with Crippen molar-refractivity contribution in [2.45, 2.75) is 38.8 Å². The van der Waals surface area contributed by atoms with E-state index in [0.717, 1.165) is 29.8 Å². The minimum Gasteiger partial charge on any atom is -0.361 e. The van der Waals surface area contributed by atoms with Crippen LogP contribution in [-0.2, 0) is 6.42 Å². The lowest BCUT2D eigenvalue weighted by molar-refractivity contribution is 0.612. The minimum atomic E-state index is 0.304. The van der Waals surface area contributed by atoms with Gasteiger partial charge in [0, 0.05) is 6.04 Å². The van der Waals surface area contributed by atoms with Crippen molar-refractivity contribution in [3.8, 4) is 0 Å². The van der Waals surface area contributed by atoms with Gasteiger partial charge in [0.15, 0.2) is 11.5 Å². The van der Waals surface area contributed by atoms with Gasteiger partial charge in [0.25, 0.3) is 0 Å². The van der Waals surface area contributed by atoms with Crippen LogP contribution in [0.25, 0.3) is 11.2 Å². The van der Waals surface area contributed by atoms with Crippen LogP contribution in [0, 0.1) is 0 Å². The number of aromatic nitrogens is 4. The van der Waals surface area contributed by atoms with Gasteiger partial charge in [-0.25, -0.2) is 15.0 Å². The van der Waals surface area contributed by atoms with Gasteiger partial charge in [0.1, 0.15) is 11.8 Å². The summed E-state index contributed by atoms with van der Waals surface area (Å²) in [4.78, 5) is 13.3. The molecule has 5 heteroatoms. The number of hydrogen-bond acceptors (Lipinski definition) is 4. The van der Waals surface area contributed by atoms with Crippen LogP contribution in [-0.4, -0.2) is 19.5 Å². The summed E-state index contributed by atoms with van der Waals surface area (Å²) in [5.74, 6) is 0.825. The van der Waals surface area contributed by atoms with E-state index in [1.54, 1.807) is 6.33 Å². The van der Waals surface area contributed by atoms with E-state index in [0.29, 0.717) is 12.1 Å². The molecule has 0 saturated heterocycles. The summed E-state index contributed by atoms with van der Waals surface area (Å²) in [5.41, 5.74) is 4.54. The zero-order valence-electron chi connectivity index (χ0n) is 12.8. The van der Waals surface area contributed by atoms with E-state index in [4.69, 9.17) is 0 Å². The van der Waals surface area contributed by atoms with Crippen molar-refractivity contribution in [1.82, 2.24) is 19.5 Å². The Hall–Kier alpha value is -2.43. The molecule has 0 bridgehead atoms. The highest BCUT2D eigenvalue weighted by Gasteiger charge is 2.23. The van der Waals surface area contributed by atoms with Crippen LogP contribution in [0.4, 0.5) is 5.82 Å². The number of nitrogens with one attached hydrogen (secondary N) is 1. The Kier molecular flexibility index (Phi) is 3.06. The largest absolute Gasteiger partial charge is 0.361 e. The zero-order valence-corrected chi connectivity index (χ0v) is 12.8. The fourth-order valence-corrected chi connectivity index (χ4v) is 3.21. The summed E-state index contributed by atoms with van der Waals surface area (Å²) in [6.45, 7) is 4.26. The molecule has 5 nitrogen and oxygen atoms in total. The van der Waals surface area contributed by atoms with Crippen molar-refractivity contribution in [1.29, 1.82) is 0 Å². The molecule has 1 aliphatic rings. The van der Waals surface area contributed by atoms with Gasteiger partial charge in [-0.05, 0) is 37.8 Å². The average molecular weight is 293 g/mol. The van der Waals surface area contributed by atoms with Crippen LogP contribution in [0.3, 0.4) is 0 Å². The number of hydrogen-bond donors (Lipinski definition) is 1. The molecule has 0 saturated carbocycles. The number of fused-ring (bicyclic) bond motifs is 2. The van der Waals surface area contributed by atoms with Gasteiger partial charge in [-0.1, -0.05) is 24.3 Å². The molecule has 0 unspecified atom stereocenters. The molecule has 1 atom stereocenters. The van der Waals surface area contributed by atoms with Crippen molar-refractivity contribution in [3.05, 3.63) is 48.0 Å². The summed E-state index contributed by atoms with van der Waals surface area (Å²) in [5, 5.41) is 3.57. The Labute approximate surface area is 129 Å². The maximum Gasteiger partial charge on any atom is 0.165 e. The van der Waals surface area contributed by atoms with Gasteiger partial charge in [0.2, 0.25) is 0 Å². The fraction of sp³-hybridized carbons (Fsp3) is 0.353. The van der Waals surface area contributed by atoms with Crippen molar-refractivity contribution in [2.24, 2.45) is 0 Å². The topological polar surface area (TPSA) is 55.6 Å². The molecule has 2 aromatic heterocycles. The molecule has 4 rings (SSSR count). The predicted molar refractivity (Wildman–Crippen MR) is 86.8 cm³/mol. The second-order valence-electron chi connectivity index (χ2n) is 6.07. The van der Waals surface area contributed by atoms with E-state index in [1.165, 1.54) is 11.1 Å². The highest BCUT2D eigenvalue weighted by Crippen LogP contribution is 2.34. The second kappa shape index (κ2) is 5.09. The third-order valence-electron chi connectivity index (χ3n) is 4.36. The standard InChI is InChI=1S/C17H19N5/c1-11(2)22-10-20-15-16(18-9-19-17(15)22)21-14-8-7-12-5-3-4-6-13(12)14/h3-6,9-11,14H,7-8H2,1-2H3,(H,18,19,21)/t14-/m0/s1. The third-order valence-corrected chi connectivity index (χ3v) is 4.36. The maximum atomic E-state index is 4.51. The van der Waals surface area contributed by atoms with Crippen LogP contribution in [0.5, 0.6) is 0 Å². The summed E-state index contributed by atoms with van der Waals surface area (Å²) in [6, 6.07) is 9.25. The summed E-state index contributed by atoms with van der Waals surface area (Å²) in [7, 11) is 0. The molecular formula is C17H19N5. The molecule has 0 fully saturated rings. The Morgan fingerprint density at radius 3 is 2.91 bits per heavy atom. The monoisotopic (exact) mass is 293 g/mol. The normalized spacial score (nSPS) is 17.1. The zero-order chi connectivity index (χ0) is 15.1. The lowest BCUT2D eigenvalue weighted by Crippen LogP contribution is -2.09. The number of rotatable bonds is 3. The summed E-state index contributed by atoms with van der Waals surface area (Å²) >= 11 is 0. The molecule has 0 aliphatic heterocycles. The second-order valence-corrected chi connectivity index (χ2v) is 6.07. The average Bonchev–Trinajstić information content (AvgIpc) is 3.12.